The molecule has 1 unspecified atom stereocenters. The summed E-state index contributed by atoms with van der Waals surface area (Å²) in [5, 5.41) is 18.3. The molecule has 3 rings (SSSR count). The number of non-ortho nitro benzene ring substituents is 1. The van der Waals surface area contributed by atoms with Crippen molar-refractivity contribution in [3.05, 3.63) is 52.7 Å². The quantitative estimate of drug-likeness (QED) is 0.588. The van der Waals surface area contributed by atoms with Gasteiger partial charge in [0, 0.05) is 30.9 Å². The standard InChI is InChI=1S/C14H14N4O5S/c19-18(20)11-3-1-4-13(9-11)24(21,22)17-8-6-12(10-17)23-14-5-2-7-15-16-14/h1-5,7,9,12H,6,8,10H2. The van der Waals surface area contributed by atoms with Gasteiger partial charge in [-0.15, -0.1) is 5.10 Å². The molecule has 24 heavy (non-hydrogen) atoms. The number of ether oxygens (including phenoxy) is 1. The zero-order valence-electron chi connectivity index (χ0n) is 12.5. The van der Waals surface area contributed by atoms with E-state index in [2.05, 4.69) is 10.2 Å². The van der Waals surface area contributed by atoms with Crippen LogP contribution in [0.5, 0.6) is 5.88 Å². The third kappa shape index (κ3) is 3.34. The summed E-state index contributed by atoms with van der Waals surface area (Å²) in [6, 6.07) is 8.34. The molecule has 1 fully saturated rings. The molecule has 1 aliphatic rings. The molecule has 126 valence electrons. The summed E-state index contributed by atoms with van der Waals surface area (Å²) in [7, 11) is -3.81. The van der Waals surface area contributed by atoms with Crippen molar-refractivity contribution in [1.82, 2.24) is 14.5 Å². The normalized spacial score (nSPS) is 18.4. The van der Waals surface area contributed by atoms with Gasteiger partial charge in [0.25, 0.3) is 5.69 Å². The van der Waals surface area contributed by atoms with Gasteiger partial charge < -0.3 is 4.74 Å². The van der Waals surface area contributed by atoms with Crippen LogP contribution in [0.4, 0.5) is 5.69 Å². The zero-order valence-corrected chi connectivity index (χ0v) is 13.3. The highest BCUT2D eigenvalue weighted by Crippen LogP contribution is 2.25. The first-order valence-electron chi connectivity index (χ1n) is 7.16. The van der Waals surface area contributed by atoms with Gasteiger partial charge in [-0.05, 0) is 18.6 Å². The SMILES string of the molecule is O=[N+]([O-])c1cccc(S(=O)(=O)N2CCC(Oc3cccnn3)C2)c1. The van der Waals surface area contributed by atoms with Crippen LogP contribution in [0.3, 0.4) is 0 Å². The van der Waals surface area contributed by atoms with Crippen molar-refractivity contribution < 1.29 is 18.1 Å². The van der Waals surface area contributed by atoms with Gasteiger partial charge >= 0.3 is 0 Å². The first-order valence-corrected chi connectivity index (χ1v) is 8.60. The summed E-state index contributed by atoms with van der Waals surface area (Å²) >= 11 is 0. The van der Waals surface area contributed by atoms with E-state index in [1.807, 2.05) is 0 Å². The molecular weight excluding hydrogens is 336 g/mol. The van der Waals surface area contributed by atoms with Crippen LogP contribution in [0.15, 0.2) is 47.5 Å². The first kappa shape index (κ1) is 16.3. The van der Waals surface area contributed by atoms with Gasteiger partial charge in [0.2, 0.25) is 15.9 Å². The second kappa shape index (κ2) is 6.49. The van der Waals surface area contributed by atoms with Crippen LogP contribution in [-0.4, -0.2) is 47.0 Å². The molecule has 1 aromatic heterocycles. The minimum atomic E-state index is -3.81. The summed E-state index contributed by atoms with van der Waals surface area (Å²) < 4.78 is 32.1. The minimum absolute atomic E-state index is 0.100. The molecule has 0 amide bonds. The van der Waals surface area contributed by atoms with E-state index in [9.17, 15) is 18.5 Å². The Labute approximate surface area is 138 Å². The molecule has 0 N–H and O–H groups in total. The molecule has 1 saturated heterocycles. The molecule has 1 aliphatic heterocycles. The van der Waals surface area contributed by atoms with Crippen molar-refractivity contribution in [1.29, 1.82) is 0 Å². The van der Waals surface area contributed by atoms with E-state index in [-0.39, 0.29) is 29.8 Å². The molecule has 9 nitrogen and oxygen atoms in total. The molecule has 0 saturated carbocycles. The number of hydrogen-bond acceptors (Lipinski definition) is 7. The lowest BCUT2D eigenvalue weighted by Crippen LogP contribution is -2.31. The van der Waals surface area contributed by atoms with Crippen molar-refractivity contribution in [3.8, 4) is 5.88 Å². The maximum atomic E-state index is 12.6. The maximum absolute atomic E-state index is 12.6. The van der Waals surface area contributed by atoms with Crippen LogP contribution in [0.25, 0.3) is 0 Å². The predicted octanol–water partition coefficient (Wildman–Crippen LogP) is 1.23. The molecule has 2 aromatic rings. The molecular formula is C14H14N4O5S. The second-order valence-corrected chi connectivity index (χ2v) is 7.15. The fraction of sp³-hybridized carbons (Fsp3) is 0.286. The van der Waals surface area contributed by atoms with Gasteiger partial charge in [-0.2, -0.15) is 9.40 Å². The number of nitro groups is 1. The minimum Gasteiger partial charge on any atom is -0.472 e. The summed E-state index contributed by atoms with van der Waals surface area (Å²) in [4.78, 5) is 10.1. The third-order valence-electron chi connectivity index (χ3n) is 3.61. The molecule has 0 spiro atoms. The average Bonchev–Trinajstić information content (AvgIpc) is 3.05. The van der Waals surface area contributed by atoms with Crippen LogP contribution in [-0.2, 0) is 10.0 Å². The lowest BCUT2D eigenvalue weighted by atomic mass is 10.3. The van der Waals surface area contributed by atoms with Crippen molar-refractivity contribution in [2.45, 2.75) is 17.4 Å². The maximum Gasteiger partial charge on any atom is 0.270 e. The van der Waals surface area contributed by atoms with Crippen molar-refractivity contribution in [2.24, 2.45) is 0 Å². The average molecular weight is 350 g/mol. The smallest absolute Gasteiger partial charge is 0.270 e. The zero-order chi connectivity index (χ0) is 17.2. The summed E-state index contributed by atoms with van der Waals surface area (Å²) in [6.45, 7) is 0.428. The van der Waals surface area contributed by atoms with Crippen molar-refractivity contribution in [3.63, 3.8) is 0 Å². The molecule has 2 heterocycles. The molecule has 10 heteroatoms. The van der Waals surface area contributed by atoms with Crippen LogP contribution in [0, 0.1) is 10.1 Å². The number of benzene rings is 1. The van der Waals surface area contributed by atoms with Crippen LogP contribution in [0.2, 0.25) is 0 Å². The lowest BCUT2D eigenvalue weighted by Gasteiger charge is -2.16. The van der Waals surface area contributed by atoms with E-state index >= 15 is 0 Å². The number of aromatic nitrogens is 2. The Morgan fingerprint density at radius 3 is 2.83 bits per heavy atom. The fourth-order valence-electron chi connectivity index (χ4n) is 2.44. The molecule has 0 radical (unpaired) electrons. The van der Waals surface area contributed by atoms with E-state index in [1.54, 1.807) is 12.1 Å². The number of sulfonamides is 1. The van der Waals surface area contributed by atoms with E-state index in [0.29, 0.717) is 12.3 Å². The van der Waals surface area contributed by atoms with Gasteiger partial charge in [-0.1, -0.05) is 6.07 Å². The van der Waals surface area contributed by atoms with E-state index in [4.69, 9.17) is 4.74 Å². The first-order chi connectivity index (χ1) is 11.5. The van der Waals surface area contributed by atoms with Gasteiger partial charge in [-0.25, -0.2) is 8.42 Å². The summed E-state index contributed by atoms with van der Waals surface area (Å²) in [5.74, 6) is 0.331. The summed E-state index contributed by atoms with van der Waals surface area (Å²) in [5.41, 5.74) is -0.261. The molecule has 1 atom stereocenters. The van der Waals surface area contributed by atoms with Crippen molar-refractivity contribution >= 4 is 15.7 Å². The number of nitro benzene ring substituents is 1. The Bertz CT molecular complexity index is 843. The Hall–Kier alpha value is -2.59. The van der Waals surface area contributed by atoms with E-state index in [0.717, 1.165) is 6.07 Å². The van der Waals surface area contributed by atoms with Gasteiger partial charge in [0.15, 0.2) is 0 Å². The Morgan fingerprint density at radius 2 is 2.12 bits per heavy atom. The van der Waals surface area contributed by atoms with Crippen molar-refractivity contribution in [2.75, 3.05) is 13.1 Å². The van der Waals surface area contributed by atoms with Gasteiger partial charge in [0.1, 0.15) is 6.10 Å². The largest absolute Gasteiger partial charge is 0.472 e. The number of nitrogens with zero attached hydrogens (tertiary/aromatic N) is 4. The van der Waals surface area contributed by atoms with Gasteiger partial charge in [0.05, 0.1) is 16.4 Å². The molecule has 1 aromatic carbocycles. The number of rotatable bonds is 5. The van der Waals surface area contributed by atoms with Crippen LogP contribution in [0.1, 0.15) is 6.42 Å². The highest BCUT2D eigenvalue weighted by atomic mass is 32.2. The van der Waals surface area contributed by atoms with Gasteiger partial charge in [-0.3, -0.25) is 10.1 Å². The fourth-order valence-corrected chi connectivity index (χ4v) is 3.97. The number of hydrogen-bond donors (Lipinski definition) is 0. The predicted molar refractivity (Wildman–Crippen MR) is 82.9 cm³/mol. The second-order valence-electron chi connectivity index (χ2n) is 5.21. The Balaban J connectivity index is 1.74. The highest BCUT2D eigenvalue weighted by Gasteiger charge is 2.34. The Kier molecular flexibility index (Phi) is 4.40. The van der Waals surface area contributed by atoms with Crippen LogP contribution < -0.4 is 4.74 Å². The monoisotopic (exact) mass is 350 g/mol. The Morgan fingerprint density at radius 1 is 1.29 bits per heavy atom. The van der Waals surface area contributed by atoms with Crippen LogP contribution >= 0.6 is 0 Å². The third-order valence-corrected chi connectivity index (χ3v) is 5.47. The molecule has 0 bridgehead atoms. The topological polar surface area (TPSA) is 116 Å². The molecule has 0 aliphatic carbocycles. The highest BCUT2D eigenvalue weighted by molar-refractivity contribution is 7.89. The summed E-state index contributed by atoms with van der Waals surface area (Å²) in [6.07, 6.45) is 1.68. The van der Waals surface area contributed by atoms with E-state index in [1.165, 1.54) is 28.7 Å². The lowest BCUT2D eigenvalue weighted by molar-refractivity contribution is -0.385. The van der Waals surface area contributed by atoms with E-state index < -0.39 is 14.9 Å².